The summed E-state index contributed by atoms with van der Waals surface area (Å²) in [5, 5.41) is 10.1. The number of aromatic nitrogens is 6. The summed E-state index contributed by atoms with van der Waals surface area (Å²) in [5.41, 5.74) is 4.55. The maximum Gasteiger partial charge on any atom is 0.319 e. The summed E-state index contributed by atoms with van der Waals surface area (Å²) >= 11 is 0. The third-order valence-electron chi connectivity index (χ3n) is 11.2. The summed E-state index contributed by atoms with van der Waals surface area (Å²) in [4.78, 5) is 9.49. The van der Waals surface area contributed by atoms with Gasteiger partial charge in [-0.2, -0.15) is 10.2 Å². The second-order valence-electron chi connectivity index (χ2n) is 14.7. The van der Waals surface area contributed by atoms with E-state index in [1.807, 2.05) is 119 Å². The van der Waals surface area contributed by atoms with E-state index in [2.05, 4.69) is 72.8 Å². The molecule has 8 aromatic rings. The molecule has 0 fully saturated rings. The predicted molar refractivity (Wildman–Crippen MR) is 239 cm³/mol. The van der Waals surface area contributed by atoms with Crippen LogP contribution < -0.4 is 0 Å². The molecule has 0 N–H and O–H groups in total. The first-order valence-corrected chi connectivity index (χ1v) is 21.8. The fraction of sp³-hybridized carbons (Fsp3) is 0.200. The van der Waals surface area contributed by atoms with Crippen LogP contribution >= 0.6 is 8.25 Å². The van der Waals surface area contributed by atoms with Gasteiger partial charge < -0.3 is 18.5 Å². The fourth-order valence-corrected chi connectivity index (χ4v) is 8.94. The zero-order valence-corrected chi connectivity index (χ0v) is 35.7. The number of ether oxygens (including phenoxy) is 2. The Kier molecular flexibility index (Phi) is 13.7. The van der Waals surface area contributed by atoms with Crippen molar-refractivity contribution in [2.75, 3.05) is 27.4 Å². The monoisotopic (exact) mass is 844 g/mol. The van der Waals surface area contributed by atoms with Crippen LogP contribution in [-0.2, 0) is 34.2 Å². The molecule has 0 bridgehead atoms. The molecule has 2 atom stereocenters. The maximum atomic E-state index is 13.1. The standard InChI is InChI=1S/C50H49N6O5P/c1-58-45(47-51-37-55(53-47)49(39-21-9-3-10-22-39,40-23-11-4-12-24-40)41-25-13-5-14-26-41)33-35-60-62(57)61-36-34-46(59-2)48-52-38-56(54-48)50(42-27-15-6-16-28-42,43-29-17-7-18-30-43)44-31-19-8-20-32-44/h3-32,37-38,45-46,62H,33-36H2,1-2H3. The Hall–Kier alpha value is -6.33. The van der Waals surface area contributed by atoms with E-state index in [1.165, 1.54) is 0 Å². The van der Waals surface area contributed by atoms with Gasteiger partial charge in [0.25, 0.3) is 0 Å². The molecular formula is C50H49N6O5P. The van der Waals surface area contributed by atoms with Crippen LogP contribution in [0.2, 0.25) is 0 Å². The van der Waals surface area contributed by atoms with Crippen LogP contribution in [0.3, 0.4) is 0 Å². The molecule has 314 valence electrons. The van der Waals surface area contributed by atoms with Crippen LogP contribution in [0, 0.1) is 0 Å². The zero-order valence-electron chi connectivity index (χ0n) is 34.7. The Morgan fingerprint density at radius 1 is 0.452 bits per heavy atom. The summed E-state index contributed by atoms with van der Waals surface area (Å²) in [5.74, 6) is 0.962. The molecular weight excluding hydrogens is 796 g/mol. The fourth-order valence-electron chi connectivity index (χ4n) is 8.28. The Bertz CT molecular complexity index is 2220. The molecule has 62 heavy (non-hydrogen) atoms. The first-order chi connectivity index (χ1) is 30.6. The van der Waals surface area contributed by atoms with Crippen LogP contribution in [0.1, 0.15) is 70.1 Å². The van der Waals surface area contributed by atoms with Crippen molar-refractivity contribution < 1.29 is 23.1 Å². The van der Waals surface area contributed by atoms with Gasteiger partial charge in [0.05, 0.1) is 13.2 Å². The van der Waals surface area contributed by atoms with Crippen molar-refractivity contribution in [3.8, 4) is 0 Å². The molecule has 11 nitrogen and oxygen atoms in total. The van der Waals surface area contributed by atoms with Gasteiger partial charge in [0, 0.05) is 27.1 Å². The first kappa shape index (κ1) is 42.4. The largest absolute Gasteiger partial charge is 0.373 e. The minimum atomic E-state index is -2.86. The Morgan fingerprint density at radius 2 is 0.710 bits per heavy atom. The van der Waals surface area contributed by atoms with E-state index in [-0.39, 0.29) is 13.2 Å². The molecule has 2 aromatic heterocycles. The van der Waals surface area contributed by atoms with Gasteiger partial charge in [-0.1, -0.05) is 182 Å². The van der Waals surface area contributed by atoms with Gasteiger partial charge in [-0.25, -0.2) is 19.3 Å². The lowest BCUT2D eigenvalue weighted by Crippen LogP contribution is -2.38. The molecule has 0 aliphatic carbocycles. The van der Waals surface area contributed by atoms with E-state index >= 15 is 0 Å². The number of nitrogens with zero attached hydrogens (tertiary/aromatic N) is 6. The quantitative estimate of drug-likeness (QED) is 0.0546. The highest BCUT2D eigenvalue weighted by Crippen LogP contribution is 2.42. The molecule has 8 rings (SSSR count). The zero-order chi connectivity index (χ0) is 42.6. The SMILES string of the molecule is COC(CCO[PH](=O)OCCC(OC)c1ncn(C(c2ccccc2)(c2ccccc2)c2ccccc2)n1)c1ncn(C(c2ccccc2)(c2ccccc2)c2ccccc2)n1. The molecule has 2 heterocycles. The van der Waals surface area contributed by atoms with Gasteiger partial charge in [0.2, 0.25) is 0 Å². The third-order valence-corrected chi connectivity index (χ3v) is 12.1. The molecule has 12 heteroatoms. The molecule has 0 amide bonds. The van der Waals surface area contributed by atoms with Gasteiger partial charge >= 0.3 is 8.25 Å². The van der Waals surface area contributed by atoms with E-state index in [4.69, 9.17) is 38.7 Å². The molecule has 0 aliphatic heterocycles. The minimum Gasteiger partial charge on any atom is -0.373 e. The number of benzene rings is 6. The van der Waals surface area contributed by atoms with Gasteiger partial charge in [-0.3, -0.25) is 4.57 Å². The molecule has 2 unspecified atom stereocenters. The third kappa shape index (κ3) is 8.59. The number of rotatable bonds is 20. The van der Waals surface area contributed by atoms with E-state index in [0.29, 0.717) is 24.5 Å². The molecule has 6 aromatic carbocycles. The average molecular weight is 845 g/mol. The van der Waals surface area contributed by atoms with Crippen LogP contribution in [0.25, 0.3) is 0 Å². The van der Waals surface area contributed by atoms with Crippen molar-refractivity contribution in [2.24, 2.45) is 0 Å². The van der Waals surface area contributed by atoms with Crippen molar-refractivity contribution in [3.05, 3.63) is 240 Å². The average Bonchev–Trinajstić information content (AvgIpc) is 4.04. The lowest BCUT2D eigenvalue weighted by molar-refractivity contribution is 0.0650. The topological polar surface area (TPSA) is 115 Å². The van der Waals surface area contributed by atoms with Gasteiger partial charge in [0.1, 0.15) is 35.9 Å². The molecule has 0 spiro atoms. The van der Waals surface area contributed by atoms with E-state index < -0.39 is 31.5 Å². The summed E-state index contributed by atoms with van der Waals surface area (Å²) in [6.45, 7) is 0.207. The number of methoxy groups -OCH3 is 2. The number of hydrogen-bond acceptors (Lipinski definition) is 9. The minimum absolute atomic E-state index is 0.103. The summed E-state index contributed by atoms with van der Waals surface area (Å²) in [6, 6.07) is 61.6. The van der Waals surface area contributed by atoms with Crippen LogP contribution in [0.5, 0.6) is 0 Å². The predicted octanol–water partition coefficient (Wildman–Crippen LogP) is 9.83. The van der Waals surface area contributed by atoms with E-state index in [1.54, 1.807) is 26.9 Å². The van der Waals surface area contributed by atoms with Crippen molar-refractivity contribution in [1.29, 1.82) is 0 Å². The highest BCUT2D eigenvalue weighted by molar-refractivity contribution is 7.33. The van der Waals surface area contributed by atoms with Gasteiger partial charge in [-0.15, -0.1) is 0 Å². The summed E-state index contributed by atoms with van der Waals surface area (Å²) in [6.07, 6.45) is 3.14. The van der Waals surface area contributed by atoms with Crippen LogP contribution in [0.4, 0.5) is 0 Å². The smallest absolute Gasteiger partial charge is 0.319 e. The summed E-state index contributed by atoms with van der Waals surface area (Å²) < 4.78 is 40.0. The van der Waals surface area contributed by atoms with Crippen LogP contribution in [-0.4, -0.2) is 57.0 Å². The highest BCUT2D eigenvalue weighted by atomic mass is 31.1. The number of hydrogen-bond donors (Lipinski definition) is 0. The van der Waals surface area contributed by atoms with Crippen molar-refractivity contribution in [2.45, 2.75) is 36.1 Å². The molecule has 0 saturated carbocycles. The second-order valence-corrected chi connectivity index (χ2v) is 15.8. The highest BCUT2D eigenvalue weighted by Gasteiger charge is 2.41. The Morgan fingerprint density at radius 3 is 0.952 bits per heavy atom. The second kappa shape index (κ2) is 20.0. The van der Waals surface area contributed by atoms with Gasteiger partial charge in [0.15, 0.2) is 11.6 Å². The summed E-state index contributed by atoms with van der Waals surface area (Å²) in [7, 11) is 0.347. The first-order valence-electron chi connectivity index (χ1n) is 20.6. The molecule has 0 aliphatic rings. The Balaban J connectivity index is 0.936. The van der Waals surface area contributed by atoms with Crippen molar-refractivity contribution in [3.63, 3.8) is 0 Å². The van der Waals surface area contributed by atoms with Crippen molar-refractivity contribution in [1.82, 2.24) is 29.5 Å². The van der Waals surface area contributed by atoms with E-state index in [9.17, 15) is 4.57 Å². The van der Waals surface area contributed by atoms with E-state index in [0.717, 1.165) is 33.4 Å². The normalized spacial score (nSPS) is 13.4. The van der Waals surface area contributed by atoms with Gasteiger partial charge in [-0.05, 0) is 33.4 Å². The molecule has 0 radical (unpaired) electrons. The Labute approximate surface area is 362 Å². The van der Waals surface area contributed by atoms with Crippen LogP contribution in [0.15, 0.2) is 195 Å². The molecule has 0 saturated heterocycles. The lowest BCUT2D eigenvalue weighted by Gasteiger charge is -2.36. The maximum absolute atomic E-state index is 13.1. The lowest BCUT2D eigenvalue weighted by atomic mass is 9.77. The van der Waals surface area contributed by atoms with Crippen molar-refractivity contribution >= 4 is 8.25 Å².